The van der Waals surface area contributed by atoms with Crippen molar-refractivity contribution in [3.8, 4) is 0 Å². The van der Waals surface area contributed by atoms with Crippen molar-refractivity contribution in [3.63, 3.8) is 0 Å². The Bertz CT molecular complexity index is 1300. The van der Waals surface area contributed by atoms with Gasteiger partial charge in [-0.1, -0.05) is 48.5 Å². The number of aromatic carboxylic acids is 1. The molecule has 0 radical (unpaired) electrons. The van der Waals surface area contributed by atoms with E-state index in [0.717, 1.165) is 45.4 Å². The molecule has 0 saturated carbocycles. The van der Waals surface area contributed by atoms with Crippen molar-refractivity contribution in [1.29, 1.82) is 0 Å². The minimum Gasteiger partial charge on any atom is -0.478 e. The van der Waals surface area contributed by atoms with Crippen molar-refractivity contribution >= 4 is 29.2 Å². The van der Waals surface area contributed by atoms with Gasteiger partial charge in [-0.05, 0) is 28.3 Å². The van der Waals surface area contributed by atoms with E-state index in [2.05, 4.69) is 0 Å². The van der Waals surface area contributed by atoms with E-state index in [-0.39, 0.29) is 28.8 Å². The van der Waals surface area contributed by atoms with Crippen LogP contribution >= 0.6 is 0 Å². The number of carbonyl (C=O) groups excluding carboxylic acids is 2. The molecule has 8 heteroatoms. The number of imide groups is 1. The van der Waals surface area contributed by atoms with Crippen LogP contribution in [0.1, 0.15) is 44.4 Å². The Labute approximate surface area is 187 Å². The molecule has 3 aromatic rings. The summed E-state index contributed by atoms with van der Waals surface area (Å²) in [6.45, 7) is 0. The molecule has 0 aromatic heterocycles. The summed E-state index contributed by atoms with van der Waals surface area (Å²) in [7, 11) is 0. The Morgan fingerprint density at radius 1 is 0.818 bits per heavy atom. The Morgan fingerprint density at radius 3 is 1.67 bits per heavy atom. The van der Waals surface area contributed by atoms with Crippen LogP contribution in [0.3, 0.4) is 0 Å². The van der Waals surface area contributed by atoms with Crippen LogP contribution in [0.4, 0.5) is 11.4 Å². The van der Waals surface area contributed by atoms with E-state index in [0.29, 0.717) is 0 Å². The smallest absolute Gasteiger partial charge is 0.337 e. The number of non-ortho nitro benzene ring substituents is 1. The standard InChI is InChI=1S/C25H16N2O6/c28-23-21-19-13-5-1-2-6-14(13)20(16-8-4-3-7-15(16)19)22(21)24(29)26(23)18-11-12(27(32)33)9-10-17(18)25(30)31/h1-11,19-22H,(H,30,31)/t19?,20?,21-,22+. The largest absolute Gasteiger partial charge is 0.478 e. The molecule has 3 aromatic carbocycles. The second kappa shape index (κ2) is 6.59. The Balaban J connectivity index is 1.57. The molecular formula is C25H16N2O6. The number of nitrogens with zero attached hydrogens (tertiary/aromatic N) is 2. The first-order valence-electron chi connectivity index (χ1n) is 10.5. The number of benzene rings is 3. The second-order valence-corrected chi connectivity index (χ2v) is 8.54. The minimum atomic E-state index is -1.37. The summed E-state index contributed by atoms with van der Waals surface area (Å²) < 4.78 is 0. The predicted octanol–water partition coefficient (Wildman–Crippen LogP) is 3.69. The molecule has 1 saturated heterocycles. The van der Waals surface area contributed by atoms with Gasteiger partial charge in [0.25, 0.3) is 5.69 Å². The van der Waals surface area contributed by atoms with Gasteiger partial charge < -0.3 is 5.11 Å². The maximum atomic E-state index is 13.8. The summed E-state index contributed by atoms with van der Waals surface area (Å²) in [5.41, 5.74) is 2.98. The topological polar surface area (TPSA) is 118 Å². The van der Waals surface area contributed by atoms with Crippen LogP contribution < -0.4 is 4.90 Å². The van der Waals surface area contributed by atoms with Crippen molar-refractivity contribution < 1.29 is 24.4 Å². The lowest BCUT2D eigenvalue weighted by Crippen LogP contribution is -2.41. The molecule has 8 nitrogen and oxygen atoms in total. The molecular weight excluding hydrogens is 424 g/mol. The lowest BCUT2D eigenvalue weighted by atomic mass is 9.55. The zero-order chi connectivity index (χ0) is 23.0. The highest BCUT2D eigenvalue weighted by Crippen LogP contribution is 2.61. The summed E-state index contributed by atoms with van der Waals surface area (Å²) in [6.07, 6.45) is 0. The van der Waals surface area contributed by atoms with Gasteiger partial charge in [-0.3, -0.25) is 19.7 Å². The van der Waals surface area contributed by atoms with Crippen molar-refractivity contribution in [2.75, 3.05) is 4.90 Å². The monoisotopic (exact) mass is 440 g/mol. The highest BCUT2D eigenvalue weighted by molar-refractivity contribution is 6.25. The van der Waals surface area contributed by atoms with E-state index >= 15 is 0 Å². The first kappa shape index (κ1) is 19.4. The third kappa shape index (κ3) is 2.43. The molecule has 2 amide bonds. The number of hydrogen-bond donors (Lipinski definition) is 1. The molecule has 1 fully saturated rings. The number of carbonyl (C=O) groups is 3. The van der Waals surface area contributed by atoms with E-state index in [1.54, 1.807) is 0 Å². The fourth-order valence-corrected chi connectivity index (χ4v) is 5.91. The normalized spacial score (nSPS) is 24.3. The van der Waals surface area contributed by atoms with Gasteiger partial charge in [0.05, 0.1) is 28.0 Å². The van der Waals surface area contributed by atoms with Gasteiger partial charge in [0.15, 0.2) is 0 Å². The highest BCUT2D eigenvalue weighted by Gasteiger charge is 2.62. The fourth-order valence-electron chi connectivity index (χ4n) is 5.91. The van der Waals surface area contributed by atoms with Crippen LogP contribution in [0.15, 0.2) is 66.7 Å². The number of hydrogen-bond acceptors (Lipinski definition) is 5. The molecule has 0 unspecified atom stereocenters. The molecule has 2 atom stereocenters. The van der Waals surface area contributed by atoms with E-state index < -0.39 is 34.5 Å². The predicted molar refractivity (Wildman–Crippen MR) is 116 cm³/mol. The number of carboxylic acids is 1. The molecule has 3 aliphatic carbocycles. The van der Waals surface area contributed by atoms with Gasteiger partial charge >= 0.3 is 5.97 Å². The quantitative estimate of drug-likeness (QED) is 0.377. The van der Waals surface area contributed by atoms with Crippen LogP contribution in [0, 0.1) is 22.0 Å². The number of rotatable bonds is 3. The minimum absolute atomic E-state index is 0.256. The van der Waals surface area contributed by atoms with Crippen LogP contribution in [0.2, 0.25) is 0 Å². The molecule has 162 valence electrons. The summed E-state index contributed by atoms with van der Waals surface area (Å²) in [5, 5.41) is 21.0. The van der Waals surface area contributed by atoms with E-state index in [4.69, 9.17) is 0 Å². The maximum absolute atomic E-state index is 13.8. The first-order valence-corrected chi connectivity index (χ1v) is 10.5. The average molecular weight is 440 g/mol. The van der Waals surface area contributed by atoms with Gasteiger partial charge in [0, 0.05) is 24.0 Å². The van der Waals surface area contributed by atoms with Gasteiger partial charge in [0.1, 0.15) is 0 Å². The average Bonchev–Trinajstić information content (AvgIpc) is 3.09. The van der Waals surface area contributed by atoms with E-state index in [1.165, 1.54) is 0 Å². The molecule has 1 aliphatic heterocycles. The van der Waals surface area contributed by atoms with Crippen LogP contribution in [-0.2, 0) is 9.59 Å². The Hall–Kier alpha value is -4.33. The first-order chi connectivity index (χ1) is 15.9. The lowest BCUT2D eigenvalue weighted by Gasteiger charge is -2.45. The van der Waals surface area contributed by atoms with Crippen molar-refractivity contribution in [3.05, 3.63) is 105 Å². The maximum Gasteiger partial charge on any atom is 0.337 e. The highest BCUT2D eigenvalue weighted by atomic mass is 16.6. The van der Waals surface area contributed by atoms with Crippen LogP contribution in [0.25, 0.3) is 0 Å². The molecule has 33 heavy (non-hydrogen) atoms. The van der Waals surface area contributed by atoms with Crippen LogP contribution in [0.5, 0.6) is 0 Å². The lowest BCUT2D eigenvalue weighted by molar-refractivity contribution is -0.384. The number of amides is 2. The zero-order valence-corrected chi connectivity index (χ0v) is 17.0. The third-order valence-corrected chi connectivity index (χ3v) is 7.11. The van der Waals surface area contributed by atoms with Crippen molar-refractivity contribution in [2.45, 2.75) is 11.8 Å². The van der Waals surface area contributed by atoms with Gasteiger partial charge in [0.2, 0.25) is 11.8 Å². The van der Waals surface area contributed by atoms with E-state index in [1.807, 2.05) is 48.5 Å². The molecule has 1 heterocycles. The summed E-state index contributed by atoms with van der Waals surface area (Å²) >= 11 is 0. The number of nitro benzene ring substituents is 1. The van der Waals surface area contributed by atoms with E-state index in [9.17, 15) is 29.6 Å². The fraction of sp³-hybridized carbons (Fsp3) is 0.160. The van der Waals surface area contributed by atoms with Crippen molar-refractivity contribution in [1.82, 2.24) is 0 Å². The second-order valence-electron chi connectivity index (χ2n) is 8.54. The SMILES string of the molecule is O=C(O)c1ccc([N+](=O)[O-])cc1N1C(=O)[C@@H]2C3c4ccccc4C(c4ccccc43)[C@@H]2C1=O. The van der Waals surface area contributed by atoms with Gasteiger partial charge in [-0.2, -0.15) is 0 Å². The number of nitro groups is 1. The summed E-state index contributed by atoms with van der Waals surface area (Å²) in [4.78, 5) is 50.9. The zero-order valence-electron chi connectivity index (χ0n) is 17.0. The summed E-state index contributed by atoms with van der Waals surface area (Å²) in [5.74, 6) is -4.51. The third-order valence-electron chi connectivity index (χ3n) is 7.11. The summed E-state index contributed by atoms with van der Waals surface area (Å²) in [6, 6.07) is 18.6. The molecule has 4 aliphatic rings. The molecule has 0 spiro atoms. The van der Waals surface area contributed by atoms with Crippen LogP contribution in [-0.4, -0.2) is 27.8 Å². The van der Waals surface area contributed by atoms with Gasteiger partial charge in [-0.25, -0.2) is 9.69 Å². The van der Waals surface area contributed by atoms with Gasteiger partial charge in [-0.15, -0.1) is 0 Å². The molecule has 7 rings (SSSR count). The Morgan fingerprint density at radius 2 is 1.27 bits per heavy atom. The number of anilines is 1. The Kier molecular flexibility index (Phi) is 3.86. The van der Waals surface area contributed by atoms with Crippen molar-refractivity contribution in [2.24, 2.45) is 11.8 Å². The molecule has 1 N–H and O–H groups in total. The molecule has 2 bridgehead atoms. The number of carboxylic acid groups (broad SMARTS) is 1.